The summed E-state index contributed by atoms with van der Waals surface area (Å²) in [5.41, 5.74) is 4.94. The van der Waals surface area contributed by atoms with E-state index in [1.807, 2.05) is 32.0 Å². The molecule has 0 saturated heterocycles. The van der Waals surface area contributed by atoms with Gasteiger partial charge in [-0.05, 0) is 52.3 Å². The zero-order valence-electron chi connectivity index (χ0n) is 18.0. The molecule has 1 N–H and O–H groups in total. The molecule has 0 fully saturated rings. The van der Waals surface area contributed by atoms with Crippen molar-refractivity contribution in [3.63, 3.8) is 0 Å². The van der Waals surface area contributed by atoms with E-state index in [0.717, 1.165) is 28.0 Å². The number of halogens is 1. The van der Waals surface area contributed by atoms with Crippen LogP contribution in [0.5, 0.6) is 5.75 Å². The van der Waals surface area contributed by atoms with Gasteiger partial charge in [0.25, 0.3) is 0 Å². The highest BCUT2D eigenvalue weighted by Gasteiger charge is 2.18. The van der Waals surface area contributed by atoms with E-state index in [-0.39, 0.29) is 18.5 Å². The molecule has 0 bridgehead atoms. The molecule has 1 atom stereocenters. The van der Waals surface area contributed by atoms with Crippen molar-refractivity contribution < 1.29 is 14.2 Å². The summed E-state index contributed by atoms with van der Waals surface area (Å²) in [7, 11) is 0. The van der Waals surface area contributed by atoms with Crippen molar-refractivity contribution >= 4 is 16.4 Å². The van der Waals surface area contributed by atoms with Crippen LogP contribution in [0.1, 0.15) is 49.3 Å². The molecule has 0 saturated carbocycles. The van der Waals surface area contributed by atoms with E-state index >= 15 is 4.39 Å². The molecular weight excluding hydrogens is 383 g/mol. The van der Waals surface area contributed by atoms with Gasteiger partial charge in [-0.3, -0.25) is 0 Å². The molecule has 158 valence electrons. The summed E-state index contributed by atoms with van der Waals surface area (Å²) in [6.07, 6.45) is 3.01. The Labute approximate surface area is 174 Å². The summed E-state index contributed by atoms with van der Waals surface area (Å²) in [4.78, 5) is 4.43. The predicted octanol–water partition coefficient (Wildman–Crippen LogP) is 4.37. The molecule has 6 nitrogen and oxygen atoms in total. The molecule has 4 aromatic rings. The number of fused-ring (bicyclic) bond motifs is 2. The molecule has 0 aliphatic carbocycles. The lowest BCUT2D eigenvalue weighted by Crippen LogP contribution is -2.12. The Balaban J connectivity index is 1.76. The number of benzene rings is 1. The smallest absolute Gasteiger partial charge is 0.142 e. The first-order chi connectivity index (χ1) is 14.3. The van der Waals surface area contributed by atoms with Crippen LogP contribution in [0.3, 0.4) is 0 Å². The Kier molecular flexibility index (Phi) is 5.24. The van der Waals surface area contributed by atoms with E-state index in [1.165, 1.54) is 6.33 Å². The number of nitrogens with zero attached hydrogens (tertiary/aromatic N) is 4. The fourth-order valence-electron chi connectivity index (χ4n) is 4.14. The minimum absolute atomic E-state index is 0.192. The van der Waals surface area contributed by atoms with Crippen molar-refractivity contribution in [1.82, 2.24) is 19.2 Å². The van der Waals surface area contributed by atoms with Crippen LogP contribution in [-0.2, 0) is 6.42 Å². The van der Waals surface area contributed by atoms with Gasteiger partial charge in [-0.2, -0.15) is 5.10 Å². The molecule has 1 aromatic carbocycles. The van der Waals surface area contributed by atoms with Gasteiger partial charge in [0.2, 0.25) is 0 Å². The second kappa shape index (κ2) is 7.72. The Bertz CT molecular complexity index is 1220. The highest BCUT2D eigenvalue weighted by atomic mass is 19.1. The molecule has 0 aliphatic rings. The first-order valence-electron chi connectivity index (χ1n) is 10.2. The van der Waals surface area contributed by atoms with Crippen LogP contribution in [0.25, 0.3) is 16.4 Å². The van der Waals surface area contributed by atoms with Crippen molar-refractivity contribution in [2.75, 3.05) is 6.61 Å². The summed E-state index contributed by atoms with van der Waals surface area (Å²) in [6.45, 7) is 9.99. The molecule has 0 aliphatic heterocycles. The van der Waals surface area contributed by atoms with Crippen molar-refractivity contribution in [3.8, 4) is 5.75 Å². The summed E-state index contributed by atoms with van der Waals surface area (Å²) in [5, 5.41) is 14.4. The number of aliphatic hydroxyl groups excluding tert-OH is 1. The van der Waals surface area contributed by atoms with Gasteiger partial charge in [0.1, 0.15) is 24.5 Å². The van der Waals surface area contributed by atoms with Crippen LogP contribution in [0.4, 0.5) is 4.39 Å². The van der Waals surface area contributed by atoms with Crippen molar-refractivity contribution in [1.29, 1.82) is 0 Å². The maximum atomic E-state index is 15.4. The van der Waals surface area contributed by atoms with E-state index in [1.54, 1.807) is 17.6 Å². The minimum atomic E-state index is -0.569. The molecule has 7 heteroatoms. The normalized spacial score (nSPS) is 12.9. The SMILES string of the molecule is Cc1c(OC[C@@H](C)O)cn2ncnc(Cc3ccc4c(cc(C)n4C(C)C)c3F)c12. The number of hydrogen-bond acceptors (Lipinski definition) is 4. The third kappa shape index (κ3) is 3.43. The van der Waals surface area contributed by atoms with Gasteiger partial charge in [0.05, 0.1) is 29.0 Å². The largest absolute Gasteiger partial charge is 0.489 e. The Hall–Kier alpha value is -2.93. The molecule has 0 radical (unpaired) electrons. The van der Waals surface area contributed by atoms with Gasteiger partial charge in [0.15, 0.2) is 0 Å². The Morgan fingerprint density at radius 2 is 1.97 bits per heavy atom. The fourth-order valence-corrected chi connectivity index (χ4v) is 4.14. The third-order valence-electron chi connectivity index (χ3n) is 5.44. The van der Waals surface area contributed by atoms with Crippen LogP contribution in [0.15, 0.2) is 30.7 Å². The fraction of sp³-hybridized carbons (Fsp3) is 0.391. The maximum Gasteiger partial charge on any atom is 0.142 e. The average molecular weight is 410 g/mol. The number of rotatable bonds is 6. The molecule has 0 spiro atoms. The lowest BCUT2D eigenvalue weighted by Gasteiger charge is -2.13. The first-order valence-corrected chi connectivity index (χ1v) is 10.2. The number of aliphatic hydroxyl groups is 1. The molecule has 0 unspecified atom stereocenters. The molecule has 3 heterocycles. The van der Waals surface area contributed by atoms with Crippen molar-refractivity contribution in [2.24, 2.45) is 0 Å². The lowest BCUT2D eigenvalue weighted by molar-refractivity contribution is 0.122. The zero-order chi connectivity index (χ0) is 21.6. The van der Waals surface area contributed by atoms with Crippen molar-refractivity contribution in [2.45, 2.75) is 53.2 Å². The van der Waals surface area contributed by atoms with E-state index < -0.39 is 6.10 Å². The van der Waals surface area contributed by atoms with Crippen LogP contribution in [0, 0.1) is 19.7 Å². The van der Waals surface area contributed by atoms with Crippen LogP contribution < -0.4 is 4.74 Å². The van der Waals surface area contributed by atoms with Crippen LogP contribution in [-0.4, -0.2) is 37.0 Å². The van der Waals surface area contributed by atoms with Gasteiger partial charge in [0, 0.05) is 29.1 Å². The number of aryl methyl sites for hydroxylation is 2. The van der Waals surface area contributed by atoms with E-state index in [2.05, 4.69) is 28.5 Å². The van der Waals surface area contributed by atoms with Crippen LogP contribution in [0.2, 0.25) is 0 Å². The monoisotopic (exact) mass is 410 g/mol. The topological polar surface area (TPSA) is 64.6 Å². The first kappa shape index (κ1) is 20.3. The van der Waals surface area contributed by atoms with Gasteiger partial charge >= 0.3 is 0 Å². The molecule has 30 heavy (non-hydrogen) atoms. The molecule has 4 rings (SSSR count). The standard InChI is InChI=1S/C23H27FN4O2/c1-13(2)28-14(3)8-18-20(28)7-6-17(22(18)24)9-19-23-16(5)21(30-11-15(4)29)10-27(23)26-12-25-19/h6-8,10,12-13,15,29H,9,11H2,1-5H3/t15-/m1/s1. The summed E-state index contributed by atoms with van der Waals surface area (Å²) in [6, 6.07) is 6.01. The zero-order valence-corrected chi connectivity index (χ0v) is 18.0. The van der Waals surface area contributed by atoms with Crippen molar-refractivity contribution in [3.05, 3.63) is 59.1 Å². The average Bonchev–Trinajstić information content (AvgIpc) is 3.20. The second-order valence-corrected chi connectivity index (χ2v) is 8.18. The molecular formula is C23H27FN4O2. The molecule has 0 amide bonds. The third-order valence-corrected chi connectivity index (χ3v) is 5.44. The quantitative estimate of drug-likeness (QED) is 0.513. The summed E-state index contributed by atoms with van der Waals surface area (Å²) < 4.78 is 24.9. The van der Waals surface area contributed by atoms with Gasteiger partial charge < -0.3 is 14.4 Å². The van der Waals surface area contributed by atoms with Crippen LogP contribution >= 0.6 is 0 Å². The highest BCUT2D eigenvalue weighted by molar-refractivity contribution is 5.83. The Morgan fingerprint density at radius 1 is 1.20 bits per heavy atom. The second-order valence-electron chi connectivity index (χ2n) is 8.18. The minimum Gasteiger partial charge on any atom is -0.489 e. The number of aromatic nitrogens is 4. The maximum absolute atomic E-state index is 15.4. The van der Waals surface area contributed by atoms with E-state index in [0.29, 0.717) is 23.1 Å². The Morgan fingerprint density at radius 3 is 2.67 bits per heavy atom. The lowest BCUT2D eigenvalue weighted by atomic mass is 10.0. The van der Waals surface area contributed by atoms with E-state index in [4.69, 9.17) is 4.74 Å². The molecule has 3 aromatic heterocycles. The highest BCUT2D eigenvalue weighted by Crippen LogP contribution is 2.31. The van der Waals surface area contributed by atoms with Gasteiger partial charge in [-0.15, -0.1) is 0 Å². The number of ether oxygens (including phenoxy) is 1. The van der Waals surface area contributed by atoms with Gasteiger partial charge in [-0.25, -0.2) is 13.9 Å². The summed E-state index contributed by atoms with van der Waals surface area (Å²) >= 11 is 0. The number of hydrogen-bond donors (Lipinski definition) is 1. The van der Waals surface area contributed by atoms with E-state index in [9.17, 15) is 5.11 Å². The summed E-state index contributed by atoms with van der Waals surface area (Å²) in [5.74, 6) is 0.430. The predicted molar refractivity (Wildman–Crippen MR) is 115 cm³/mol. The van der Waals surface area contributed by atoms with Gasteiger partial charge in [-0.1, -0.05) is 6.07 Å².